The average Bonchev–Trinajstić information content (AvgIpc) is 2.85. The Bertz CT molecular complexity index is 283. The van der Waals surface area contributed by atoms with E-state index in [9.17, 15) is 0 Å². The second-order valence-corrected chi connectivity index (χ2v) is 1.92. The van der Waals surface area contributed by atoms with Crippen LogP contribution in [0, 0.1) is 0 Å². The van der Waals surface area contributed by atoms with Crippen molar-refractivity contribution >= 4 is 11.0 Å². The van der Waals surface area contributed by atoms with Crippen molar-refractivity contribution in [2.24, 2.45) is 0 Å². The molecular weight excluding hydrogens is 184 g/mol. The van der Waals surface area contributed by atoms with E-state index in [4.69, 9.17) is 0 Å². The first-order chi connectivity index (χ1) is 7.47. The third-order valence-electron chi connectivity index (χ3n) is 1.32. The molecule has 0 amide bonds. The molecule has 0 aromatic carbocycles. The topological polar surface area (TPSA) is 28.7 Å². The quantitative estimate of drug-likeness (QED) is 0.671. The number of nitrogens with one attached hydrogen (secondary N) is 1. The molecule has 0 spiro atoms. The van der Waals surface area contributed by atoms with Crippen LogP contribution in [0.25, 0.3) is 11.0 Å². The zero-order valence-corrected chi connectivity index (χ0v) is 10.8. The van der Waals surface area contributed by atoms with Crippen molar-refractivity contribution in [3.8, 4) is 0 Å². The minimum atomic E-state index is 0.956. The largest absolute Gasteiger partial charge is 0.346 e. The van der Waals surface area contributed by atoms with Gasteiger partial charge in [-0.15, -0.1) is 0 Å². The van der Waals surface area contributed by atoms with Gasteiger partial charge in [-0.1, -0.05) is 41.5 Å². The summed E-state index contributed by atoms with van der Waals surface area (Å²) in [6, 6.07) is 5.96. The minimum absolute atomic E-state index is 0.956. The lowest BCUT2D eigenvalue weighted by molar-refractivity contribution is 1.33. The number of pyridine rings is 1. The van der Waals surface area contributed by atoms with Crippen molar-refractivity contribution in [2.45, 2.75) is 41.5 Å². The van der Waals surface area contributed by atoms with Gasteiger partial charge in [-0.05, 0) is 18.2 Å². The van der Waals surface area contributed by atoms with Crippen molar-refractivity contribution in [1.82, 2.24) is 9.97 Å². The molecule has 0 saturated carbocycles. The molecule has 0 aliphatic rings. The molecule has 86 valence electrons. The maximum atomic E-state index is 4.09. The Morgan fingerprint density at radius 2 is 1.53 bits per heavy atom. The van der Waals surface area contributed by atoms with Crippen molar-refractivity contribution in [1.29, 1.82) is 0 Å². The summed E-state index contributed by atoms with van der Waals surface area (Å²) in [5.74, 6) is 0. The molecule has 2 rings (SSSR count). The molecule has 2 nitrogen and oxygen atoms in total. The fourth-order valence-electron chi connectivity index (χ4n) is 0.883. The average molecular weight is 208 g/mol. The number of aromatic amines is 1. The Balaban J connectivity index is 0. The second-order valence-electron chi connectivity index (χ2n) is 1.92. The number of hydrogen-bond donors (Lipinski definition) is 1. The molecule has 1 N–H and O–H groups in total. The van der Waals surface area contributed by atoms with E-state index >= 15 is 0 Å². The van der Waals surface area contributed by atoms with Crippen molar-refractivity contribution < 1.29 is 0 Å². The molecule has 0 bridgehead atoms. The summed E-state index contributed by atoms with van der Waals surface area (Å²) in [5, 5.41) is 1.16. The normalized spacial score (nSPS) is 7.33. The van der Waals surface area contributed by atoms with Crippen LogP contribution >= 0.6 is 0 Å². The highest BCUT2D eigenvalue weighted by Gasteiger charge is 1.88. The van der Waals surface area contributed by atoms with E-state index in [0.717, 1.165) is 11.0 Å². The van der Waals surface area contributed by atoms with E-state index < -0.39 is 0 Å². The zero-order chi connectivity index (χ0) is 12.1. The number of aromatic nitrogens is 2. The molecule has 0 aliphatic heterocycles. The van der Waals surface area contributed by atoms with Crippen LogP contribution in [0.5, 0.6) is 0 Å². The second kappa shape index (κ2) is 12.7. The van der Waals surface area contributed by atoms with Crippen LogP contribution in [0.1, 0.15) is 41.5 Å². The van der Waals surface area contributed by atoms with Crippen molar-refractivity contribution in [2.75, 3.05) is 0 Å². The number of rotatable bonds is 0. The minimum Gasteiger partial charge on any atom is -0.346 e. The molecule has 15 heavy (non-hydrogen) atoms. The Morgan fingerprint density at radius 1 is 0.933 bits per heavy atom. The van der Waals surface area contributed by atoms with E-state index in [2.05, 4.69) is 9.97 Å². The van der Waals surface area contributed by atoms with E-state index in [0.29, 0.717) is 0 Å². The van der Waals surface area contributed by atoms with Gasteiger partial charge < -0.3 is 4.98 Å². The number of nitrogens with zero attached hydrogens (tertiary/aromatic N) is 1. The van der Waals surface area contributed by atoms with Gasteiger partial charge in [0.15, 0.2) is 0 Å². The van der Waals surface area contributed by atoms with Gasteiger partial charge in [-0.2, -0.15) is 0 Å². The molecular formula is C13H24N2. The standard InChI is InChI=1S/C7H6N2.3C2H6/c1-2-6-3-5-9-7(6)8-4-1;3*1-2/h1-5H,(H,8,9);3*1-2H3. The monoisotopic (exact) mass is 208 g/mol. The van der Waals surface area contributed by atoms with Crippen LogP contribution < -0.4 is 0 Å². The van der Waals surface area contributed by atoms with Gasteiger partial charge in [0, 0.05) is 17.8 Å². The molecule has 2 aromatic rings. The Kier molecular flexibility index (Phi) is 13.6. The van der Waals surface area contributed by atoms with E-state index in [1.807, 2.05) is 65.9 Å². The maximum absolute atomic E-state index is 4.09. The lowest BCUT2D eigenvalue weighted by atomic mass is 10.3. The molecule has 0 saturated heterocycles. The summed E-state index contributed by atoms with van der Waals surface area (Å²) < 4.78 is 0. The first-order valence-corrected chi connectivity index (χ1v) is 5.85. The number of hydrogen-bond acceptors (Lipinski definition) is 1. The predicted octanol–water partition coefficient (Wildman–Crippen LogP) is 4.64. The fraction of sp³-hybridized carbons (Fsp3) is 0.462. The Hall–Kier alpha value is -1.31. The maximum Gasteiger partial charge on any atom is 0.137 e. The summed E-state index contributed by atoms with van der Waals surface area (Å²) in [5.41, 5.74) is 0.956. The van der Waals surface area contributed by atoms with Gasteiger partial charge in [0.25, 0.3) is 0 Å². The third-order valence-corrected chi connectivity index (χ3v) is 1.32. The fourth-order valence-corrected chi connectivity index (χ4v) is 0.883. The summed E-state index contributed by atoms with van der Waals surface area (Å²) >= 11 is 0. The van der Waals surface area contributed by atoms with Crippen LogP contribution in [0.4, 0.5) is 0 Å². The first-order valence-electron chi connectivity index (χ1n) is 5.85. The number of H-pyrrole nitrogens is 1. The number of fused-ring (bicyclic) bond motifs is 1. The summed E-state index contributed by atoms with van der Waals surface area (Å²) in [6.45, 7) is 12.0. The lowest BCUT2D eigenvalue weighted by Crippen LogP contribution is -1.70. The first kappa shape index (κ1) is 16.1. The van der Waals surface area contributed by atoms with Gasteiger partial charge >= 0.3 is 0 Å². The van der Waals surface area contributed by atoms with Crippen LogP contribution in [0.15, 0.2) is 30.6 Å². The molecule has 0 aliphatic carbocycles. The van der Waals surface area contributed by atoms with Crippen LogP contribution in [-0.4, -0.2) is 9.97 Å². The van der Waals surface area contributed by atoms with Crippen molar-refractivity contribution in [3.05, 3.63) is 30.6 Å². The van der Waals surface area contributed by atoms with Crippen LogP contribution in [-0.2, 0) is 0 Å². The third kappa shape index (κ3) is 5.89. The highest BCUT2D eigenvalue weighted by molar-refractivity contribution is 5.74. The van der Waals surface area contributed by atoms with E-state index in [1.165, 1.54) is 0 Å². The predicted molar refractivity (Wildman–Crippen MR) is 70.1 cm³/mol. The smallest absolute Gasteiger partial charge is 0.137 e. The van der Waals surface area contributed by atoms with Gasteiger partial charge in [0.1, 0.15) is 5.65 Å². The zero-order valence-electron chi connectivity index (χ0n) is 10.8. The Labute approximate surface area is 93.7 Å². The molecule has 2 heterocycles. The molecule has 0 atom stereocenters. The molecule has 0 fully saturated rings. The van der Waals surface area contributed by atoms with E-state index in [-0.39, 0.29) is 0 Å². The lowest BCUT2D eigenvalue weighted by Gasteiger charge is -1.82. The van der Waals surface area contributed by atoms with Gasteiger partial charge in [0.05, 0.1) is 0 Å². The van der Waals surface area contributed by atoms with Gasteiger partial charge in [-0.3, -0.25) is 0 Å². The summed E-state index contributed by atoms with van der Waals surface area (Å²) in [4.78, 5) is 7.09. The highest BCUT2D eigenvalue weighted by Crippen LogP contribution is 2.05. The SMILES string of the molecule is CC.CC.CC.c1cnc2[nH]ccc2c1. The Morgan fingerprint density at radius 3 is 2.07 bits per heavy atom. The molecule has 0 unspecified atom stereocenters. The van der Waals surface area contributed by atoms with Gasteiger partial charge in [0.2, 0.25) is 0 Å². The van der Waals surface area contributed by atoms with Crippen LogP contribution in [0.3, 0.4) is 0 Å². The molecule has 0 radical (unpaired) electrons. The van der Waals surface area contributed by atoms with E-state index in [1.54, 1.807) is 6.20 Å². The molecule has 2 aromatic heterocycles. The summed E-state index contributed by atoms with van der Waals surface area (Å²) in [6.07, 6.45) is 3.66. The van der Waals surface area contributed by atoms with Crippen LogP contribution in [0.2, 0.25) is 0 Å². The summed E-state index contributed by atoms with van der Waals surface area (Å²) in [7, 11) is 0. The van der Waals surface area contributed by atoms with Gasteiger partial charge in [-0.25, -0.2) is 4.98 Å². The van der Waals surface area contributed by atoms with Crippen molar-refractivity contribution in [3.63, 3.8) is 0 Å². The molecule has 2 heteroatoms. The highest BCUT2D eigenvalue weighted by atomic mass is 14.8.